The van der Waals surface area contributed by atoms with E-state index >= 15 is 0 Å². The second-order valence-electron chi connectivity index (χ2n) is 10.0. The zero-order valence-corrected chi connectivity index (χ0v) is 21.3. The lowest BCUT2D eigenvalue weighted by molar-refractivity contribution is 0.0202. The Labute approximate surface area is 192 Å². The molecule has 1 rings (SSSR count). The summed E-state index contributed by atoms with van der Waals surface area (Å²) in [6.07, 6.45) is 16.4. The van der Waals surface area contributed by atoms with E-state index in [1.165, 1.54) is 69.8 Å². The molecule has 178 valence electrons. The first-order chi connectivity index (χ1) is 14.8. The van der Waals surface area contributed by atoms with Gasteiger partial charge in [0.25, 0.3) is 0 Å². The van der Waals surface area contributed by atoms with Crippen LogP contribution in [0.25, 0.3) is 0 Å². The van der Waals surface area contributed by atoms with Crippen LogP contribution in [0.3, 0.4) is 0 Å². The van der Waals surface area contributed by atoms with Gasteiger partial charge in [0, 0.05) is 0 Å². The Bertz CT molecular complexity index is 591. The summed E-state index contributed by atoms with van der Waals surface area (Å²) in [6.45, 7) is 12.3. The van der Waals surface area contributed by atoms with E-state index < -0.39 is 11.8 Å². The minimum absolute atomic E-state index is 0.555. The van der Waals surface area contributed by atoms with Crippen LogP contribution in [0, 0.1) is 6.92 Å². The third kappa shape index (κ3) is 12.8. The highest BCUT2D eigenvalue weighted by atomic mass is 16.7. The summed E-state index contributed by atoms with van der Waals surface area (Å²) >= 11 is 0. The van der Waals surface area contributed by atoms with Crippen LogP contribution in [-0.2, 0) is 17.6 Å². The molecule has 0 radical (unpaired) electrons. The maximum atomic E-state index is 12.5. The SMILES string of the molecule is CCCCCCCCc1cc(C)cc(CCCCCCCC)c1OC(=O)OC(C)(C)C. The highest BCUT2D eigenvalue weighted by Gasteiger charge is 2.21. The van der Waals surface area contributed by atoms with Gasteiger partial charge in [-0.1, -0.05) is 95.8 Å². The molecule has 0 N–H and O–H groups in total. The lowest BCUT2D eigenvalue weighted by Crippen LogP contribution is -2.26. The Balaban J connectivity index is 2.86. The molecular weight excluding hydrogens is 384 g/mol. The molecule has 0 spiro atoms. The van der Waals surface area contributed by atoms with Gasteiger partial charge in [-0.3, -0.25) is 0 Å². The molecule has 1 aromatic carbocycles. The van der Waals surface area contributed by atoms with Crippen LogP contribution in [0.2, 0.25) is 0 Å². The summed E-state index contributed by atoms with van der Waals surface area (Å²) in [5.41, 5.74) is 3.00. The van der Waals surface area contributed by atoms with E-state index in [0.717, 1.165) is 42.6 Å². The number of hydrogen-bond acceptors (Lipinski definition) is 3. The van der Waals surface area contributed by atoms with Crippen LogP contribution in [0.5, 0.6) is 5.75 Å². The highest BCUT2D eigenvalue weighted by Crippen LogP contribution is 2.30. The fraction of sp³-hybridized carbons (Fsp3) is 0.750. The standard InChI is InChI=1S/C28H48O3/c1-7-9-11-13-15-17-19-24-21-23(3)22-25(20-18-16-14-12-10-8-2)26(24)30-27(29)31-28(4,5)6/h21-22H,7-20H2,1-6H3. The molecule has 3 heteroatoms. The largest absolute Gasteiger partial charge is 0.514 e. The van der Waals surface area contributed by atoms with E-state index in [4.69, 9.17) is 9.47 Å². The highest BCUT2D eigenvalue weighted by molar-refractivity contribution is 5.66. The number of rotatable bonds is 15. The van der Waals surface area contributed by atoms with Crippen molar-refractivity contribution in [3.8, 4) is 5.75 Å². The predicted octanol–water partition coefficient (Wildman–Crippen LogP) is 9.11. The molecule has 0 amide bonds. The molecule has 0 saturated carbocycles. The lowest BCUT2D eigenvalue weighted by atomic mass is 9.96. The Morgan fingerprint density at radius 2 is 1.16 bits per heavy atom. The van der Waals surface area contributed by atoms with E-state index in [0.29, 0.717) is 0 Å². The van der Waals surface area contributed by atoms with Crippen LogP contribution in [0.15, 0.2) is 12.1 Å². The summed E-state index contributed by atoms with van der Waals surface area (Å²) in [6, 6.07) is 4.38. The zero-order chi connectivity index (χ0) is 23.1. The molecule has 0 bridgehead atoms. The van der Waals surface area contributed by atoms with Crippen LogP contribution >= 0.6 is 0 Å². The van der Waals surface area contributed by atoms with Gasteiger partial charge >= 0.3 is 6.16 Å². The fourth-order valence-corrected chi connectivity index (χ4v) is 3.98. The summed E-state index contributed by atoms with van der Waals surface area (Å²) in [5.74, 6) is 0.752. The van der Waals surface area contributed by atoms with Crippen LogP contribution in [0.4, 0.5) is 4.79 Å². The number of unbranched alkanes of at least 4 members (excludes halogenated alkanes) is 10. The fourth-order valence-electron chi connectivity index (χ4n) is 3.98. The van der Waals surface area contributed by atoms with Crippen molar-refractivity contribution >= 4 is 6.16 Å². The number of aryl methyl sites for hydroxylation is 3. The van der Waals surface area contributed by atoms with Gasteiger partial charge in [0.15, 0.2) is 0 Å². The number of hydrogen-bond donors (Lipinski definition) is 0. The van der Waals surface area contributed by atoms with Crippen molar-refractivity contribution in [3.05, 3.63) is 28.8 Å². The monoisotopic (exact) mass is 432 g/mol. The second-order valence-corrected chi connectivity index (χ2v) is 10.0. The van der Waals surface area contributed by atoms with Crippen LogP contribution in [-0.4, -0.2) is 11.8 Å². The van der Waals surface area contributed by atoms with E-state index in [9.17, 15) is 4.79 Å². The molecule has 1 aromatic rings. The Hall–Kier alpha value is -1.51. The van der Waals surface area contributed by atoms with Gasteiger partial charge in [-0.15, -0.1) is 0 Å². The van der Waals surface area contributed by atoms with Crippen molar-refractivity contribution in [2.24, 2.45) is 0 Å². The second kappa shape index (κ2) is 15.3. The van der Waals surface area contributed by atoms with Gasteiger partial charge in [0.05, 0.1) is 0 Å². The number of ether oxygens (including phenoxy) is 2. The van der Waals surface area contributed by atoms with Gasteiger partial charge in [0.1, 0.15) is 11.4 Å². The summed E-state index contributed by atoms with van der Waals surface area (Å²) in [4.78, 5) is 12.5. The van der Waals surface area contributed by atoms with Crippen molar-refractivity contribution in [1.29, 1.82) is 0 Å². The summed E-state index contributed by atoms with van der Waals surface area (Å²) < 4.78 is 11.3. The Morgan fingerprint density at radius 1 is 0.742 bits per heavy atom. The van der Waals surface area contributed by atoms with Crippen LogP contribution in [0.1, 0.15) is 128 Å². The Morgan fingerprint density at radius 3 is 1.58 bits per heavy atom. The maximum Gasteiger partial charge on any atom is 0.514 e. The van der Waals surface area contributed by atoms with E-state index in [-0.39, 0.29) is 0 Å². The maximum absolute atomic E-state index is 12.5. The van der Waals surface area contributed by atoms with Crippen molar-refractivity contribution < 1.29 is 14.3 Å². The quantitative estimate of drug-likeness (QED) is 0.157. The third-order valence-electron chi connectivity index (χ3n) is 5.56. The first kappa shape index (κ1) is 27.5. The van der Waals surface area contributed by atoms with E-state index in [1.807, 2.05) is 20.8 Å². The molecule has 0 heterocycles. The zero-order valence-electron chi connectivity index (χ0n) is 21.3. The predicted molar refractivity (Wildman–Crippen MR) is 132 cm³/mol. The normalized spacial score (nSPS) is 11.5. The molecule has 0 saturated heterocycles. The topological polar surface area (TPSA) is 35.5 Å². The molecule has 3 nitrogen and oxygen atoms in total. The number of carbonyl (C=O) groups is 1. The molecule has 0 unspecified atom stereocenters. The molecule has 0 aliphatic heterocycles. The Kier molecular flexibility index (Phi) is 13.6. The van der Waals surface area contributed by atoms with Crippen LogP contribution < -0.4 is 4.74 Å². The molecule has 0 aromatic heterocycles. The van der Waals surface area contributed by atoms with Gasteiger partial charge in [-0.05, 0) is 64.5 Å². The first-order valence-corrected chi connectivity index (χ1v) is 12.8. The van der Waals surface area contributed by atoms with E-state index in [2.05, 4.69) is 32.9 Å². The minimum atomic E-state index is -0.593. The van der Waals surface area contributed by atoms with Gasteiger partial charge < -0.3 is 9.47 Å². The molecule has 0 aliphatic rings. The average Bonchev–Trinajstić information content (AvgIpc) is 2.68. The van der Waals surface area contributed by atoms with E-state index in [1.54, 1.807) is 0 Å². The number of benzene rings is 1. The summed E-state index contributed by atoms with van der Waals surface area (Å²) in [5, 5.41) is 0. The molecular formula is C28H48O3. The molecule has 31 heavy (non-hydrogen) atoms. The van der Waals surface area contributed by atoms with Crippen molar-refractivity contribution in [3.63, 3.8) is 0 Å². The van der Waals surface area contributed by atoms with Gasteiger partial charge in [-0.25, -0.2) is 4.79 Å². The van der Waals surface area contributed by atoms with Crippen molar-refractivity contribution in [1.82, 2.24) is 0 Å². The first-order valence-electron chi connectivity index (χ1n) is 12.8. The third-order valence-corrected chi connectivity index (χ3v) is 5.56. The smallest absolute Gasteiger partial charge is 0.428 e. The van der Waals surface area contributed by atoms with Crippen molar-refractivity contribution in [2.45, 2.75) is 137 Å². The van der Waals surface area contributed by atoms with Crippen molar-refractivity contribution in [2.75, 3.05) is 0 Å². The molecule has 0 aliphatic carbocycles. The van der Waals surface area contributed by atoms with Gasteiger partial charge in [0.2, 0.25) is 0 Å². The summed E-state index contributed by atoms with van der Waals surface area (Å²) in [7, 11) is 0. The minimum Gasteiger partial charge on any atom is -0.428 e. The number of carbonyl (C=O) groups excluding carboxylic acids is 1. The molecule has 0 fully saturated rings. The lowest BCUT2D eigenvalue weighted by Gasteiger charge is -2.21. The average molecular weight is 433 g/mol. The molecule has 0 atom stereocenters. The van der Waals surface area contributed by atoms with Gasteiger partial charge in [-0.2, -0.15) is 0 Å².